The highest BCUT2D eigenvalue weighted by Crippen LogP contribution is 2.24. The second-order valence-corrected chi connectivity index (χ2v) is 7.45. The van der Waals surface area contributed by atoms with Crippen molar-refractivity contribution in [2.75, 3.05) is 41.0 Å². The Kier molecular flexibility index (Phi) is 10.8. The van der Waals surface area contributed by atoms with Gasteiger partial charge < -0.3 is 24.8 Å². The predicted molar refractivity (Wildman–Crippen MR) is 137 cm³/mol. The van der Waals surface area contributed by atoms with E-state index in [0.717, 1.165) is 55.6 Å². The van der Waals surface area contributed by atoms with E-state index in [0.29, 0.717) is 18.5 Å². The van der Waals surface area contributed by atoms with E-state index in [1.54, 1.807) is 27.5 Å². The molecule has 2 heterocycles. The molecule has 32 heavy (non-hydrogen) atoms. The molecule has 0 amide bonds. The van der Waals surface area contributed by atoms with Crippen molar-refractivity contribution in [2.24, 2.45) is 4.99 Å². The van der Waals surface area contributed by atoms with E-state index in [9.17, 15) is 0 Å². The number of ether oxygens (including phenoxy) is 3. The molecule has 2 N–H and O–H groups in total. The predicted octanol–water partition coefficient (Wildman–Crippen LogP) is 3.06. The minimum atomic E-state index is 0. The molecule has 1 aliphatic rings. The van der Waals surface area contributed by atoms with Crippen LogP contribution in [0.2, 0.25) is 0 Å². The summed E-state index contributed by atoms with van der Waals surface area (Å²) in [6.45, 7) is 6.20. The average molecular weight is 555 g/mol. The van der Waals surface area contributed by atoms with Crippen LogP contribution in [0.1, 0.15) is 24.5 Å². The van der Waals surface area contributed by atoms with Crippen molar-refractivity contribution in [3.8, 4) is 17.4 Å². The molecule has 0 bridgehead atoms. The summed E-state index contributed by atoms with van der Waals surface area (Å²) in [5.74, 6) is 3.05. The summed E-state index contributed by atoms with van der Waals surface area (Å²) in [6.07, 6.45) is 2.78. The maximum Gasteiger partial charge on any atom is 0.218 e. The molecule has 9 heteroatoms. The van der Waals surface area contributed by atoms with Gasteiger partial charge in [0.1, 0.15) is 11.5 Å². The third-order valence-corrected chi connectivity index (χ3v) is 5.23. The van der Waals surface area contributed by atoms with Gasteiger partial charge >= 0.3 is 0 Å². The van der Waals surface area contributed by atoms with Gasteiger partial charge in [0.2, 0.25) is 5.88 Å². The van der Waals surface area contributed by atoms with Crippen LogP contribution in [-0.4, -0.2) is 62.8 Å². The largest absolute Gasteiger partial charge is 0.497 e. The lowest BCUT2D eigenvalue weighted by molar-refractivity contribution is 0.321. The SMILES string of the molecule is CCNC(=NCc1cccnc1OC)NC1CCN(Cc2cc(OC)cc(OC)c2)C1.I. The number of methoxy groups -OCH3 is 3. The summed E-state index contributed by atoms with van der Waals surface area (Å²) in [5.41, 5.74) is 2.14. The Hall–Kier alpha value is -2.27. The maximum atomic E-state index is 5.39. The van der Waals surface area contributed by atoms with Crippen molar-refractivity contribution in [1.29, 1.82) is 0 Å². The Morgan fingerprint density at radius 3 is 2.56 bits per heavy atom. The molecular weight excluding hydrogens is 521 g/mol. The zero-order chi connectivity index (χ0) is 22.1. The zero-order valence-electron chi connectivity index (χ0n) is 19.3. The zero-order valence-corrected chi connectivity index (χ0v) is 21.6. The van der Waals surface area contributed by atoms with Crippen LogP contribution in [0.15, 0.2) is 41.5 Å². The minimum absolute atomic E-state index is 0. The van der Waals surface area contributed by atoms with Crippen molar-refractivity contribution in [1.82, 2.24) is 20.5 Å². The molecule has 1 aliphatic heterocycles. The molecule has 8 nitrogen and oxygen atoms in total. The molecule has 1 aromatic heterocycles. The van der Waals surface area contributed by atoms with Gasteiger partial charge in [-0.15, -0.1) is 24.0 Å². The maximum absolute atomic E-state index is 5.39. The highest BCUT2D eigenvalue weighted by atomic mass is 127. The number of aliphatic imine (C=N–C) groups is 1. The highest BCUT2D eigenvalue weighted by Gasteiger charge is 2.23. The van der Waals surface area contributed by atoms with E-state index in [-0.39, 0.29) is 24.0 Å². The summed E-state index contributed by atoms with van der Waals surface area (Å²) >= 11 is 0. The van der Waals surface area contributed by atoms with Crippen LogP contribution in [-0.2, 0) is 13.1 Å². The molecular formula is C23H34IN5O3. The van der Waals surface area contributed by atoms with Crippen molar-refractivity contribution < 1.29 is 14.2 Å². The molecule has 176 valence electrons. The van der Waals surface area contributed by atoms with Crippen LogP contribution >= 0.6 is 24.0 Å². The third-order valence-electron chi connectivity index (χ3n) is 5.23. The number of rotatable bonds is 9. The highest BCUT2D eigenvalue weighted by molar-refractivity contribution is 14.0. The molecule has 0 saturated carbocycles. The first-order valence-electron chi connectivity index (χ1n) is 10.6. The smallest absolute Gasteiger partial charge is 0.218 e. The Labute approximate surface area is 207 Å². The second kappa shape index (κ2) is 13.3. The number of pyridine rings is 1. The summed E-state index contributed by atoms with van der Waals surface area (Å²) in [4.78, 5) is 11.4. The first-order valence-corrected chi connectivity index (χ1v) is 10.6. The summed E-state index contributed by atoms with van der Waals surface area (Å²) in [7, 11) is 4.98. The van der Waals surface area contributed by atoms with Crippen molar-refractivity contribution >= 4 is 29.9 Å². The van der Waals surface area contributed by atoms with Gasteiger partial charge in [-0.2, -0.15) is 0 Å². The van der Waals surface area contributed by atoms with E-state index in [4.69, 9.17) is 19.2 Å². The normalized spacial score (nSPS) is 16.2. The monoisotopic (exact) mass is 555 g/mol. The molecule has 1 aromatic carbocycles. The fourth-order valence-corrected chi connectivity index (χ4v) is 3.72. The third kappa shape index (κ3) is 7.40. The van der Waals surface area contributed by atoms with Gasteiger partial charge in [0.05, 0.1) is 27.9 Å². The van der Waals surface area contributed by atoms with Gasteiger partial charge in [-0.1, -0.05) is 6.07 Å². The van der Waals surface area contributed by atoms with Gasteiger partial charge in [-0.25, -0.2) is 9.98 Å². The Balaban J connectivity index is 0.00000363. The quantitative estimate of drug-likeness (QED) is 0.280. The van der Waals surface area contributed by atoms with E-state index < -0.39 is 0 Å². The summed E-state index contributed by atoms with van der Waals surface area (Å²) in [5, 5.41) is 6.91. The number of halogens is 1. The number of guanidine groups is 1. The topological polar surface area (TPSA) is 80.2 Å². The van der Waals surface area contributed by atoms with Gasteiger partial charge in [-0.3, -0.25) is 4.90 Å². The number of benzene rings is 1. The first-order chi connectivity index (χ1) is 15.1. The van der Waals surface area contributed by atoms with Crippen molar-refractivity contribution in [2.45, 2.75) is 32.5 Å². The van der Waals surface area contributed by atoms with Crippen LogP contribution < -0.4 is 24.8 Å². The lowest BCUT2D eigenvalue weighted by atomic mass is 10.2. The van der Waals surface area contributed by atoms with Crippen LogP contribution in [0, 0.1) is 0 Å². The molecule has 0 radical (unpaired) electrons. The number of hydrogen-bond donors (Lipinski definition) is 2. The molecule has 3 rings (SSSR count). The van der Waals surface area contributed by atoms with E-state index in [1.165, 1.54) is 5.56 Å². The number of nitrogens with one attached hydrogen (secondary N) is 2. The van der Waals surface area contributed by atoms with Crippen LogP contribution in [0.25, 0.3) is 0 Å². The number of likely N-dealkylation sites (tertiary alicyclic amines) is 1. The van der Waals surface area contributed by atoms with Crippen molar-refractivity contribution in [3.63, 3.8) is 0 Å². The molecule has 2 aromatic rings. The van der Waals surface area contributed by atoms with Crippen LogP contribution in [0.4, 0.5) is 0 Å². The average Bonchev–Trinajstić information content (AvgIpc) is 3.23. The fraction of sp³-hybridized carbons (Fsp3) is 0.478. The van der Waals surface area contributed by atoms with Gasteiger partial charge in [0, 0.05) is 50.0 Å². The molecule has 0 spiro atoms. The Bertz CT molecular complexity index is 858. The molecule has 1 atom stereocenters. The van der Waals surface area contributed by atoms with Gasteiger partial charge in [0.25, 0.3) is 0 Å². The second-order valence-electron chi connectivity index (χ2n) is 7.45. The Morgan fingerprint density at radius 1 is 1.16 bits per heavy atom. The minimum Gasteiger partial charge on any atom is -0.497 e. The summed E-state index contributed by atoms with van der Waals surface area (Å²) in [6, 6.07) is 10.2. The van der Waals surface area contributed by atoms with Gasteiger partial charge in [0.15, 0.2) is 5.96 Å². The van der Waals surface area contributed by atoms with E-state index in [2.05, 4.69) is 39.6 Å². The number of aromatic nitrogens is 1. The molecule has 0 aliphatic carbocycles. The molecule has 1 saturated heterocycles. The lowest BCUT2D eigenvalue weighted by Crippen LogP contribution is -2.44. The summed E-state index contributed by atoms with van der Waals surface area (Å²) < 4.78 is 16.1. The molecule has 1 fully saturated rings. The number of hydrogen-bond acceptors (Lipinski definition) is 6. The van der Waals surface area contributed by atoms with Crippen molar-refractivity contribution in [3.05, 3.63) is 47.7 Å². The van der Waals surface area contributed by atoms with Crippen LogP contribution in [0.5, 0.6) is 17.4 Å². The van der Waals surface area contributed by atoms with Gasteiger partial charge in [-0.05, 0) is 37.1 Å². The van der Waals surface area contributed by atoms with Crippen LogP contribution in [0.3, 0.4) is 0 Å². The van der Waals surface area contributed by atoms with E-state index in [1.807, 2.05) is 18.2 Å². The lowest BCUT2D eigenvalue weighted by Gasteiger charge is -2.19. The van der Waals surface area contributed by atoms with E-state index >= 15 is 0 Å². The molecule has 1 unspecified atom stereocenters. The number of nitrogens with zero attached hydrogens (tertiary/aromatic N) is 3. The Morgan fingerprint density at radius 2 is 1.91 bits per heavy atom. The fourth-order valence-electron chi connectivity index (χ4n) is 3.72. The first kappa shape index (κ1) is 26.0. The standard InChI is InChI=1S/C23H33N5O3.HI/c1-5-24-23(26-14-18-7-6-9-25-22(18)31-4)27-19-8-10-28(16-19)15-17-11-20(29-2)13-21(12-17)30-3;/h6-7,9,11-13,19H,5,8,10,14-16H2,1-4H3,(H2,24,26,27);1H.